The number of aryl methyl sites for hydroxylation is 1. The largest absolute Gasteiger partial charge is 0.267 e. The summed E-state index contributed by atoms with van der Waals surface area (Å²) in [6.45, 7) is 5.84. The molecule has 2 rings (SSSR count). The zero-order valence-corrected chi connectivity index (χ0v) is 11.7. The number of nitrogens with zero attached hydrogens (tertiary/aromatic N) is 1. The quantitative estimate of drug-likeness (QED) is 0.854. The first kappa shape index (κ1) is 12.9. The van der Waals surface area contributed by atoms with E-state index >= 15 is 0 Å². The smallest absolute Gasteiger partial charge is 0.246 e. The Morgan fingerprint density at radius 2 is 1.72 bits per heavy atom. The molecule has 4 heteroatoms. The van der Waals surface area contributed by atoms with Crippen LogP contribution in [0.5, 0.6) is 0 Å². The highest BCUT2D eigenvalue weighted by atomic mass is 32.2. The van der Waals surface area contributed by atoms with Crippen molar-refractivity contribution in [2.75, 3.05) is 0 Å². The van der Waals surface area contributed by atoms with Crippen LogP contribution >= 0.6 is 0 Å². The van der Waals surface area contributed by atoms with Crippen molar-refractivity contribution in [1.29, 1.82) is 0 Å². The highest BCUT2D eigenvalue weighted by molar-refractivity contribution is 7.90. The Morgan fingerprint density at radius 1 is 1.11 bits per heavy atom. The number of hydrogen-bond acceptors (Lipinski definition) is 2. The first-order chi connectivity index (χ1) is 8.48. The molecule has 0 bridgehead atoms. The van der Waals surface area contributed by atoms with Gasteiger partial charge < -0.3 is 0 Å². The van der Waals surface area contributed by atoms with Crippen molar-refractivity contribution in [1.82, 2.24) is 3.97 Å². The highest BCUT2D eigenvalue weighted by Crippen LogP contribution is 2.22. The standard InChI is InChI=1S/C14H17NO2S/c1-4-14-11(2)10-15(12(14)3)18(16,17)13-8-6-5-7-9-13/h5-10H,4H2,1-3H3. The average Bonchev–Trinajstić information content (AvgIpc) is 2.66. The van der Waals surface area contributed by atoms with Crippen LogP contribution in [-0.2, 0) is 16.4 Å². The second kappa shape index (κ2) is 4.61. The van der Waals surface area contributed by atoms with E-state index in [-0.39, 0.29) is 0 Å². The van der Waals surface area contributed by atoms with Gasteiger partial charge in [0, 0.05) is 11.9 Å². The molecule has 0 saturated heterocycles. The fourth-order valence-corrected chi connectivity index (χ4v) is 3.76. The molecule has 0 fully saturated rings. The zero-order valence-electron chi connectivity index (χ0n) is 10.8. The SMILES string of the molecule is CCc1c(C)cn(S(=O)(=O)c2ccccc2)c1C. The average molecular weight is 263 g/mol. The summed E-state index contributed by atoms with van der Waals surface area (Å²) in [6, 6.07) is 8.52. The van der Waals surface area contributed by atoms with Gasteiger partial charge in [0.25, 0.3) is 10.0 Å². The molecule has 0 spiro atoms. The summed E-state index contributed by atoms with van der Waals surface area (Å²) in [4.78, 5) is 0.325. The van der Waals surface area contributed by atoms with Crippen LogP contribution in [0, 0.1) is 13.8 Å². The van der Waals surface area contributed by atoms with Gasteiger partial charge in [-0.15, -0.1) is 0 Å². The normalized spacial score (nSPS) is 11.7. The molecule has 0 N–H and O–H groups in total. The Kier molecular flexibility index (Phi) is 3.30. The van der Waals surface area contributed by atoms with E-state index < -0.39 is 10.0 Å². The molecule has 1 aromatic heterocycles. The second-order valence-corrected chi connectivity index (χ2v) is 6.16. The van der Waals surface area contributed by atoms with E-state index in [1.54, 1.807) is 30.5 Å². The van der Waals surface area contributed by atoms with E-state index in [9.17, 15) is 8.42 Å². The molecule has 0 atom stereocenters. The molecular weight excluding hydrogens is 246 g/mol. The lowest BCUT2D eigenvalue weighted by molar-refractivity contribution is 0.586. The molecule has 2 aromatic rings. The Bertz CT molecular complexity index is 655. The molecular formula is C14H17NO2S. The summed E-state index contributed by atoms with van der Waals surface area (Å²) >= 11 is 0. The molecule has 0 radical (unpaired) electrons. The van der Waals surface area contributed by atoms with Gasteiger partial charge in [-0.2, -0.15) is 0 Å². The minimum absolute atomic E-state index is 0.325. The molecule has 96 valence electrons. The maximum atomic E-state index is 12.5. The van der Waals surface area contributed by atoms with Crippen LogP contribution in [0.2, 0.25) is 0 Å². The molecule has 0 aliphatic heterocycles. The van der Waals surface area contributed by atoms with E-state index in [1.165, 1.54) is 3.97 Å². The zero-order chi connectivity index (χ0) is 13.3. The lowest BCUT2D eigenvalue weighted by Crippen LogP contribution is -2.13. The van der Waals surface area contributed by atoms with Gasteiger partial charge in [-0.05, 0) is 43.5 Å². The number of rotatable bonds is 3. The monoisotopic (exact) mass is 263 g/mol. The van der Waals surface area contributed by atoms with Gasteiger partial charge in [-0.3, -0.25) is 0 Å². The Balaban J connectivity index is 2.63. The number of aromatic nitrogens is 1. The third kappa shape index (κ3) is 1.97. The minimum atomic E-state index is -3.46. The lowest BCUT2D eigenvalue weighted by Gasteiger charge is -2.08. The Hall–Kier alpha value is -1.55. The van der Waals surface area contributed by atoms with E-state index in [4.69, 9.17) is 0 Å². The fourth-order valence-electron chi connectivity index (χ4n) is 2.26. The van der Waals surface area contributed by atoms with Crippen molar-refractivity contribution in [2.24, 2.45) is 0 Å². The maximum absolute atomic E-state index is 12.5. The molecule has 0 unspecified atom stereocenters. The third-order valence-electron chi connectivity index (χ3n) is 3.21. The molecule has 0 aliphatic rings. The van der Waals surface area contributed by atoms with Crippen molar-refractivity contribution in [3.8, 4) is 0 Å². The maximum Gasteiger partial charge on any atom is 0.267 e. The predicted molar refractivity (Wildman–Crippen MR) is 72.3 cm³/mol. The van der Waals surface area contributed by atoms with Crippen LogP contribution in [-0.4, -0.2) is 12.4 Å². The van der Waals surface area contributed by atoms with Gasteiger partial charge in [0.15, 0.2) is 0 Å². The summed E-state index contributed by atoms with van der Waals surface area (Å²) < 4.78 is 26.4. The highest BCUT2D eigenvalue weighted by Gasteiger charge is 2.20. The molecule has 18 heavy (non-hydrogen) atoms. The van der Waals surface area contributed by atoms with Crippen LogP contribution in [0.1, 0.15) is 23.7 Å². The first-order valence-corrected chi connectivity index (χ1v) is 7.40. The van der Waals surface area contributed by atoms with Gasteiger partial charge in [0.2, 0.25) is 0 Å². The third-order valence-corrected chi connectivity index (χ3v) is 4.97. The summed E-state index contributed by atoms with van der Waals surface area (Å²) in [5, 5.41) is 0. The van der Waals surface area contributed by atoms with E-state index in [1.807, 2.05) is 26.8 Å². The van der Waals surface area contributed by atoms with Crippen LogP contribution < -0.4 is 0 Å². The van der Waals surface area contributed by atoms with E-state index in [0.29, 0.717) is 4.90 Å². The summed E-state index contributed by atoms with van der Waals surface area (Å²) in [5.74, 6) is 0. The van der Waals surface area contributed by atoms with Crippen molar-refractivity contribution >= 4 is 10.0 Å². The summed E-state index contributed by atoms with van der Waals surface area (Å²) in [7, 11) is -3.46. The Morgan fingerprint density at radius 3 is 2.22 bits per heavy atom. The second-order valence-electron chi connectivity index (χ2n) is 4.34. The Labute approximate surface area is 108 Å². The molecule has 0 amide bonds. The molecule has 0 saturated carbocycles. The van der Waals surface area contributed by atoms with Gasteiger partial charge >= 0.3 is 0 Å². The van der Waals surface area contributed by atoms with E-state index in [2.05, 4.69) is 0 Å². The first-order valence-electron chi connectivity index (χ1n) is 5.96. The topological polar surface area (TPSA) is 39.1 Å². The lowest BCUT2D eigenvalue weighted by atomic mass is 10.1. The van der Waals surface area contributed by atoms with Crippen molar-refractivity contribution in [3.05, 3.63) is 53.3 Å². The number of benzene rings is 1. The molecule has 1 heterocycles. The van der Waals surface area contributed by atoms with Crippen LogP contribution in [0.4, 0.5) is 0 Å². The van der Waals surface area contributed by atoms with Gasteiger partial charge in [-0.25, -0.2) is 12.4 Å². The van der Waals surface area contributed by atoms with Crippen molar-refractivity contribution in [3.63, 3.8) is 0 Å². The van der Waals surface area contributed by atoms with Gasteiger partial charge in [0.05, 0.1) is 4.90 Å². The molecule has 1 aromatic carbocycles. The summed E-state index contributed by atoms with van der Waals surface area (Å²) in [6.07, 6.45) is 2.55. The minimum Gasteiger partial charge on any atom is -0.246 e. The van der Waals surface area contributed by atoms with Crippen molar-refractivity contribution in [2.45, 2.75) is 32.1 Å². The van der Waals surface area contributed by atoms with Crippen LogP contribution in [0.3, 0.4) is 0 Å². The van der Waals surface area contributed by atoms with Gasteiger partial charge in [-0.1, -0.05) is 25.1 Å². The van der Waals surface area contributed by atoms with Crippen LogP contribution in [0.15, 0.2) is 41.4 Å². The van der Waals surface area contributed by atoms with Gasteiger partial charge in [0.1, 0.15) is 0 Å². The molecule has 0 aliphatic carbocycles. The predicted octanol–water partition coefficient (Wildman–Crippen LogP) is 2.90. The number of hydrogen-bond donors (Lipinski definition) is 0. The molecule has 3 nitrogen and oxygen atoms in total. The fraction of sp³-hybridized carbons (Fsp3) is 0.286. The van der Waals surface area contributed by atoms with Crippen LogP contribution in [0.25, 0.3) is 0 Å². The van der Waals surface area contributed by atoms with E-state index in [0.717, 1.165) is 23.2 Å². The van der Waals surface area contributed by atoms with Crippen molar-refractivity contribution < 1.29 is 8.42 Å². The summed E-state index contributed by atoms with van der Waals surface area (Å²) in [5.41, 5.74) is 2.93.